The normalized spacial score (nSPS) is 14.5. The molecule has 0 atom stereocenters. The lowest BCUT2D eigenvalue weighted by Gasteiger charge is -2.09. The maximum atomic E-state index is 12.7. The van der Waals surface area contributed by atoms with Crippen molar-refractivity contribution in [3.8, 4) is 17.1 Å². The molecule has 0 aromatic carbocycles. The number of aromatic nitrogens is 4. The summed E-state index contributed by atoms with van der Waals surface area (Å²) in [6.07, 6.45) is 9.69. The van der Waals surface area contributed by atoms with Gasteiger partial charge in [-0.15, -0.1) is 0 Å². The maximum absolute atomic E-state index is 12.7. The van der Waals surface area contributed by atoms with Crippen LogP contribution in [0.3, 0.4) is 0 Å². The average Bonchev–Trinajstić information content (AvgIpc) is 3.33. The maximum Gasteiger partial charge on any atom is 0.272 e. The van der Waals surface area contributed by atoms with Crippen molar-refractivity contribution in [3.63, 3.8) is 0 Å². The first kappa shape index (κ1) is 16.4. The van der Waals surface area contributed by atoms with E-state index in [0.717, 1.165) is 35.5 Å². The second-order valence-electron chi connectivity index (χ2n) is 6.71. The highest BCUT2D eigenvalue weighted by molar-refractivity contribution is 5.93. The van der Waals surface area contributed by atoms with Crippen LogP contribution in [0, 0.1) is 6.92 Å². The largest absolute Gasteiger partial charge is 0.348 e. The fourth-order valence-corrected chi connectivity index (χ4v) is 3.30. The van der Waals surface area contributed by atoms with Gasteiger partial charge in [0.05, 0.1) is 23.3 Å². The van der Waals surface area contributed by atoms with E-state index in [2.05, 4.69) is 20.4 Å². The molecule has 0 spiro atoms. The quantitative estimate of drug-likeness (QED) is 0.786. The van der Waals surface area contributed by atoms with Gasteiger partial charge < -0.3 is 5.32 Å². The van der Waals surface area contributed by atoms with Crippen LogP contribution < -0.4 is 5.32 Å². The second kappa shape index (κ2) is 7.07. The Labute approximate surface area is 152 Å². The molecule has 26 heavy (non-hydrogen) atoms. The highest BCUT2D eigenvalue weighted by Crippen LogP contribution is 2.23. The lowest BCUT2D eigenvalue weighted by molar-refractivity contribution is 0.0932. The summed E-state index contributed by atoms with van der Waals surface area (Å²) in [5, 5.41) is 7.64. The number of amides is 1. The fraction of sp³-hybridized carbons (Fsp3) is 0.300. The molecule has 0 unspecified atom stereocenters. The van der Waals surface area contributed by atoms with E-state index in [1.807, 2.05) is 37.4 Å². The first-order valence-electron chi connectivity index (χ1n) is 8.95. The fourth-order valence-electron chi connectivity index (χ4n) is 3.30. The topological polar surface area (TPSA) is 72.7 Å². The molecule has 1 fully saturated rings. The number of aryl methyl sites for hydroxylation is 1. The summed E-state index contributed by atoms with van der Waals surface area (Å²) in [5.41, 5.74) is 3.82. The van der Waals surface area contributed by atoms with E-state index in [9.17, 15) is 4.79 Å². The second-order valence-corrected chi connectivity index (χ2v) is 6.71. The predicted molar refractivity (Wildman–Crippen MR) is 99.0 cm³/mol. The zero-order chi connectivity index (χ0) is 17.9. The Morgan fingerprint density at radius 2 is 2.04 bits per heavy atom. The van der Waals surface area contributed by atoms with Crippen molar-refractivity contribution < 1.29 is 4.79 Å². The molecule has 0 aliphatic heterocycles. The zero-order valence-electron chi connectivity index (χ0n) is 14.7. The van der Waals surface area contributed by atoms with E-state index in [4.69, 9.17) is 0 Å². The van der Waals surface area contributed by atoms with E-state index in [1.165, 1.54) is 12.8 Å². The number of hydrogen-bond acceptors (Lipinski definition) is 4. The first-order valence-corrected chi connectivity index (χ1v) is 8.95. The number of carbonyl (C=O) groups is 1. The van der Waals surface area contributed by atoms with Crippen molar-refractivity contribution in [1.82, 2.24) is 25.1 Å². The van der Waals surface area contributed by atoms with E-state index >= 15 is 0 Å². The molecule has 4 rings (SSSR count). The van der Waals surface area contributed by atoms with E-state index in [-0.39, 0.29) is 11.9 Å². The number of carbonyl (C=O) groups excluding carboxylic acids is 1. The van der Waals surface area contributed by atoms with Gasteiger partial charge in [0.1, 0.15) is 0 Å². The summed E-state index contributed by atoms with van der Waals surface area (Å²) in [6.45, 7) is 2.00. The van der Waals surface area contributed by atoms with E-state index in [1.54, 1.807) is 23.1 Å². The number of pyridine rings is 2. The summed E-state index contributed by atoms with van der Waals surface area (Å²) in [7, 11) is 0. The van der Waals surface area contributed by atoms with Crippen molar-refractivity contribution in [3.05, 3.63) is 60.2 Å². The van der Waals surface area contributed by atoms with Crippen LogP contribution >= 0.6 is 0 Å². The standard InChI is InChI=1S/C20H21N5O/c1-14-8-9-17(22-12-14)19-11-18(20(26)23-15-5-2-3-6-15)24-25(19)16-7-4-10-21-13-16/h4,7-13,15H,2-3,5-6H2,1H3,(H,23,26). The number of nitrogens with zero attached hydrogens (tertiary/aromatic N) is 4. The van der Waals surface area contributed by atoms with Crippen LogP contribution in [0.15, 0.2) is 48.9 Å². The van der Waals surface area contributed by atoms with Gasteiger partial charge in [-0.25, -0.2) is 4.68 Å². The highest BCUT2D eigenvalue weighted by Gasteiger charge is 2.22. The molecule has 1 aliphatic rings. The molecule has 0 saturated heterocycles. The molecule has 1 saturated carbocycles. The Hall–Kier alpha value is -3.02. The van der Waals surface area contributed by atoms with Gasteiger partial charge in [0.15, 0.2) is 5.69 Å². The van der Waals surface area contributed by atoms with Crippen LogP contribution in [0.2, 0.25) is 0 Å². The van der Waals surface area contributed by atoms with Gasteiger partial charge in [0, 0.05) is 18.4 Å². The van der Waals surface area contributed by atoms with Crippen molar-refractivity contribution in [2.75, 3.05) is 0 Å². The van der Waals surface area contributed by atoms with Crippen molar-refractivity contribution in [2.45, 2.75) is 38.6 Å². The lowest BCUT2D eigenvalue weighted by Crippen LogP contribution is -2.32. The van der Waals surface area contributed by atoms with Crippen molar-refractivity contribution in [2.24, 2.45) is 0 Å². The summed E-state index contributed by atoms with van der Waals surface area (Å²) < 4.78 is 1.73. The minimum Gasteiger partial charge on any atom is -0.348 e. The molecule has 6 heteroatoms. The van der Waals surface area contributed by atoms with E-state index < -0.39 is 0 Å². The molecule has 3 aromatic rings. The van der Waals surface area contributed by atoms with Crippen LogP contribution in [0.5, 0.6) is 0 Å². The molecule has 132 valence electrons. The minimum absolute atomic E-state index is 0.132. The third kappa shape index (κ3) is 3.35. The predicted octanol–water partition coefficient (Wildman–Crippen LogP) is 3.31. The number of rotatable bonds is 4. The molecule has 1 N–H and O–H groups in total. The number of hydrogen-bond donors (Lipinski definition) is 1. The molecule has 0 bridgehead atoms. The van der Waals surface area contributed by atoms with Crippen LogP contribution in [-0.2, 0) is 0 Å². The molecule has 6 nitrogen and oxygen atoms in total. The van der Waals surface area contributed by atoms with Gasteiger partial charge in [0.25, 0.3) is 5.91 Å². The van der Waals surface area contributed by atoms with Gasteiger partial charge in [-0.2, -0.15) is 5.10 Å². The third-order valence-corrected chi connectivity index (χ3v) is 4.70. The van der Waals surface area contributed by atoms with Crippen LogP contribution in [0.1, 0.15) is 41.7 Å². The number of nitrogens with one attached hydrogen (secondary N) is 1. The van der Waals surface area contributed by atoms with Crippen molar-refractivity contribution in [1.29, 1.82) is 0 Å². The van der Waals surface area contributed by atoms with Gasteiger partial charge in [-0.3, -0.25) is 14.8 Å². The summed E-state index contributed by atoms with van der Waals surface area (Å²) in [5.74, 6) is -0.132. The average molecular weight is 347 g/mol. The minimum atomic E-state index is -0.132. The van der Waals surface area contributed by atoms with Gasteiger partial charge >= 0.3 is 0 Å². The Bertz CT molecular complexity index is 896. The van der Waals surface area contributed by atoms with Gasteiger partial charge in [-0.05, 0) is 49.6 Å². The molecule has 3 aromatic heterocycles. The summed E-state index contributed by atoms with van der Waals surface area (Å²) >= 11 is 0. The summed E-state index contributed by atoms with van der Waals surface area (Å²) in [4.78, 5) is 21.3. The van der Waals surface area contributed by atoms with Crippen molar-refractivity contribution >= 4 is 5.91 Å². The molecular weight excluding hydrogens is 326 g/mol. The Morgan fingerprint density at radius 1 is 1.19 bits per heavy atom. The zero-order valence-corrected chi connectivity index (χ0v) is 14.7. The first-order chi connectivity index (χ1) is 12.7. The smallest absolute Gasteiger partial charge is 0.272 e. The molecule has 3 heterocycles. The van der Waals surface area contributed by atoms with Crippen LogP contribution in [0.4, 0.5) is 0 Å². The van der Waals surface area contributed by atoms with Gasteiger partial charge in [-0.1, -0.05) is 18.9 Å². The SMILES string of the molecule is Cc1ccc(-c2cc(C(=O)NC3CCCC3)nn2-c2cccnc2)nc1. The highest BCUT2D eigenvalue weighted by atomic mass is 16.2. The Kier molecular flexibility index (Phi) is 4.48. The Morgan fingerprint density at radius 3 is 2.73 bits per heavy atom. The van der Waals surface area contributed by atoms with Crippen LogP contribution in [0.25, 0.3) is 17.1 Å². The van der Waals surface area contributed by atoms with E-state index in [0.29, 0.717) is 5.69 Å². The third-order valence-electron chi connectivity index (χ3n) is 4.70. The molecular formula is C20H21N5O. The molecule has 1 amide bonds. The Balaban J connectivity index is 1.72. The van der Waals surface area contributed by atoms with Crippen LogP contribution in [-0.4, -0.2) is 31.7 Å². The monoisotopic (exact) mass is 347 g/mol. The molecule has 0 radical (unpaired) electrons. The van der Waals surface area contributed by atoms with Gasteiger partial charge in [0.2, 0.25) is 0 Å². The molecule has 1 aliphatic carbocycles. The summed E-state index contributed by atoms with van der Waals surface area (Å²) in [6, 6.07) is 9.76. The lowest BCUT2D eigenvalue weighted by atomic mass is 10.2.